The molecule has 2 N–H and O–H groups in total. The Hall–Kier alpha value is -3.22. The molecule has 0 saturated carbocycles. The van der Waals surface area contributed by atoms with Gasteiger partial charge < -0.3 is 25.2 Å². The Balaban J connectivity index is 1.43. The van der Waals surface area contributed by atoms with Crippen molar-refractivity contribution in [1.82, 2.24) is 4.90 Å². The summed E-state index contributed by atoms with van der Waals surface area (Å²) < 4.78 is 5.40. The zero-order chi connectivity index (χ0) is 19.5. The highest BCUT2D eigenvalue weighted by Gasteiger charge is 2.19. The molecular formula is C21H24N4O3. The average molecular weight is 380 g/mol. The number of ether oxygens (including phenoxy) is 1. The topological polar surface area (TPSA) is 73.9 Å². The van der Waals surface area contributed by atoms with Crippen molar-refractivity contribution in [3.8, 4) is 5.75 Å². The Morgan fingerprint density at radius 2 is 2.00 bits per heavy atom. The molecule has 2 aliphatic heterocycles. The monoisotopic (exact) mass is 380 g/mol. The summed E-state index contributed by atoms with van der Waals surface area (Å²) in [6.07, 6.45) is 2.43. The van der Waals surface area contributed by atoms with Gasteiger partial charge in [0.1, 0.15) is 5.75 Å². The Bertz CT molecular complexity index is 893. The number of rotatable bonds is 4. The van der Waals surface area contributed by atoms with E-state index in [9.17, 15) is 9.59 Å². The highest BCUT2D eigenvalue weighted by Crippen LogP contribution is 2.31. The lowest BCUT2D eigenvalue weighted by molar-refractivity contribution is -0.118. The van der Waals surface area contributed by atoms with Crippen LogP contribution in [0, 0.1) is 0 Å². The lowest BCUT2D eigenvalue weighted by Gasteiger charge is -2.25. The number of para-hydroxylation sites is 1. The van der Waals surface area contributed by atoms with Gasteiger partial charge >= 0.3 is 6.03 Å². The first-order valence-electron chi connectivity index (χ1n) is 9.52. The Morgan fingerprint density at radius 1 is 1.21 bits per heavy atom. The molecule has 146 valence electrons. The smallest absolute Gasteiger partial charge is 0.321 e. The van der Waals surface area contributed by atoms with Crippen LogP contribution in [-0.4, -0.2) is 43.6 Å². The van der Waals surface area contributed by atoms with Crippen molar-refractivity contribution in [2.24, 2.45) is 0 Å². The molecule has 0 bridgehead atoms. The molecule has 2 heterocycles. The Kier molecular flexibility index (Phi) is 5.06. The van der Waals surface area contributed by atoms with Crippen LogP contribution in [0.2, 0.25) is 0 Å². The maximum atomic E-state index is 12.7. The number of nitrogens with zero attached hydrogens (tertiary/aromatic N) is 2. The van der Waals surface area contributed by atoms with Crippen molar-refractivity contribution in [2.45, 2.75) is 19.4 Å². The zero-order valence-electron chi connectivity index (χ0n) is 15.9. The van der Waals surface area contributed by atoms with Crippen molar-refractivity contribution < 1.29 is 14.3 Å². The molecule has 0 spiro atoms. The fraction of sp³-hybridized carbons (Fsp3) is 0.333. The molecule has 2 aromatic carbocycles. The molecule has 4 rings (SSSR count). The molecule has 3 amide bonds. The van der Waals surface area contributed by atoms with Gasteiger partial charge in [0.25, 0.3) is 5.91 Å². The second-order valence-electron chi connectivity index (χ2n) is 7.16. The number of fused-ring (bicyclic) bond motifs is 1. The van der Waals surface area contributed by atoms with Crippen molar-refractivity contribution >= 4 is 29.0 Å². The minimum Gasteiger partial charge on any atom is -0.482 e. The van der Waals surface area contributed by atoms with E-state index in [4.69, 9.17) is 4.74 Å². The number of carbonyl (C=O) groups is 2. The lowest BCUT2D eigenvalue weighted by Crippen LogP contribution is -2.32. The fourth-order valence-corrected chi connectivity index (χ4v) is 3.61. The van der Waals surface area contributed by atoms with Gasteiger partial charge in [0.05, 0.1) is 5.69 Å². The zero-order valence-corrected chi connectivity index (χ0v) is 15.9. The molecule has 2 aliphatic rings. The summed E-state index contributed by atoms with van der Waals surface area (Å²) in [5, 5.41) is 5.63. The minimum absolute atomic E-state index is 0.0163. The predicted octanol–water partition coefficient (Wildman–Crippen LogP) is 3.28. The first-order chi connectivity index (χ1) is 13.6. The molecule has 0 atom stereocenters. The van der Waals surface area contributed by atoms with E-state index in [-0.39, 0.29) is 18.5 Å². The SMILES string of the molecule is CN(Cc1ccccc1N1CCCC1)C(=O)Nc1ccc2c(c1)OCC(=O)N2. The minimum atomic E-state index is -0.198. The van der Waals surface area contributed by atoms with Crippen LogP contribution in [0.4, 0.5) is 21.9 Å². The number of nitrogens with one attached hydrogen (secondary N) is 2. The van der Waals surface area contributed by atoms with E-state index in [1.165, 1.54) is 18.5 Å². The first-order valence-corrected chi connectivity index (χ1v) is 9.52. The van der Waals surface area contributed by atoms with Crippen LogP contribution < -0.4 is 20.3 Å². The molecule has 0 aliphatic carbocycles. The largest absolute Gasteiger partial charge is 0.482 e. The quantitative estimate of drug-likeness (QED) is 0.854. The molecule has 2 aromatic rings. The standard InChI is InChI=1S/C21H24N4O3/c1-24(13-15-6-2-3-7-18(15)25-10-4-5-11-25)21(27)22-16-8-9-17-19(12-16)28-14-20(26)23-17/h2-3,6-9,12H,4-5,10-11,13-14H2,1H3,(H,22,27)(H,23,26). The van der Waals surface area contributed by atoms with Crippen LogP contribution in [0.5, 0.6) is 5.75 Å². The van der Waals surface area contributed by atoms with Crippen molar-refractivity contribution in [2.75, 3.05) is 42.3 Å². The molecule has 0 aromatic heterocycles. The maximum Gasteiger partial charge on any atom is 0.321 e. The molecule has 7 heteroatoms. The molecule has 0 radical (unpaired) electrons. The fourth-order valence-electron chi connectivity index (χ4n) is 3.61. The first kappa shape index (κ1) is 18.2. The van der Waals surface area contributed by atoms with Gasteiger partial charge in [0.2, 0.25) is 0 Å². The number of urea groups is 1. The van der Waals surface area contributed by atoms with E-state index in [2.05, 4.69) is 27.7 Å². The third-order valence-corrected chi connectivity index (χ3v) is 5.06. The van der Waals surface area contributed by atoms with Crippen LogP contribution in [0.1, 0.15) is 18.4 Å². The number of carbonyl (C=O) groups excluding carboxylic acids is 2. The van der Waals surface area contributed by atoms with Crippen LogP contribution in [0.15, 0.2) is 42.5 Å². The van der Waals surface area contributed by atoms with Crippen molar-refractivity contribution in [3.63, 3.8) is 0 Å². The van der Waals surface area contributed by atoms with Gasteiger partial charge in [-0.25, -0.2) is 4.79 Å². The summed E-state index contributed by atoms with van der Waals surface area (Å²) in [5.41, 5.74) is 3.58. The highest BCUT2D eigenvalue weighted by molar-refractivity contribution is 5.96. The predicted molar refractivity (Wildman–Crippen MR) is 109 cm³/mol. The van der Waals surface area contributed by atoms with Crippen LogP contribution in [-0.2, 0) is 11.3 Å². The third-order valence-electron chi connectivity index (χ3n) is 5.06. The molecule has 0 unspecified atom stereocenters. The van der Waals surface area contributed by atoms with Crippen molar-refractivity contribution in [1.29, 1.82) is 0 Å². The molecule has 28 heavy (non-hydrogen) atoms. The second-order valence-corrected chi connectivity index (χ2v) is 7.16. The van der Waals surface area contributed by atoms with E-state index < -0.39 is 0 Å². The van der Waals surface area contributed by atoms with Gasteiger partial charge in [0.15, 0.2) is 6.61 Å². The van der Waals surface area contributed by atoms with E-state index in [0.29, 0.717) is 23.7 Å². The van der Waals surface area contributed by atoms with Crippen LogP contribution in [0.3, 0.4) is 0 Å². The van der Waals surface area contributed by atoms with Crippen LogP contribution >= 0.6 is 0 Å². The summed E-state index contributed by atoms with van der Waals surface area (Å²) in [4.78, 5) is 28.1. The van der Waals surface area contributed by atoms with E-state index in [0.717, 1.165) is 18.7 Å². The molecular weight excluding hydrogens is 356 g/mol. The van der Waals surface area contributed by atoms with Gasteiger partial charge in [0, 0.05) is 44.1 Å². The van der Waals surface area contributed by atoms with Gasteiger partial charge in [-0.3, -0.25) is 4.79 Å². The number of anilines is 3. The average Bonchev–Trinajstić information content (AvgIpc) is 3.23. The van der Waals surface area contributed by atoms with E-state index in [1.807, 2.05) is 12.1 Å². The van der Waals surface area contributed by atoms with Crippen LogP contribution in [0.25, 0.3) is 0 Å². The van der Waals surface area contributed by atoms with E-state index in [1.54, 1.807) is 30.1 Å². The number of hydrogen-bond acceptors (Lipinski definition) is 4. The summed E-state index contributed by atoms with van der Waals surface area (Å²) in [6.45, 7) is 2.64. The van der Waals surface area contributed by atoms with Gasteiger partial charge in [-0.2, -0.15) is 0 Å². The second kappa shape index (κ2) is 7.80. The van der Waals surface area contributed by atoms with Gasteiger partial charge in [-0.15, -0.1) is 0 Å². The number of hydrogen-bond donors (Lipinski definition) is 2. The van der Waals surface area contributed by atoms with Gasteiger partial charge in [-0.05, 0) is 36.6 Å². The lowest BCUT2D eigenvalue weighted by atomic mass is 10.1. The molecule has 1 saturated heterocycles. The summed E-state index contributed by atoms with van der Waals surface area (Å²) in [6, 6.07) is 13.3. The maximum absolute atomic E-state index is 12.7. The third kappa shape index (κ3) is 3.88. The Morgan fingerprint density at radius 3 is 2.82 bits per heavy atom. The molecule has 1 fully saturated rings. The number of amides is 3. The molecule has 7 nitrogen and oxygen atoms in total. The van der Waals surface area contributed by atoms with Crippen molar-refractivity contribution in [3.05, 3.63) is 48.0 Å². The summed E-state index contributed by atoms with van der Waals surface area (Å²) in [7, 11) is 1.78. The summed E-state index contributed by atoms with van der Waals surface area (Å²) >= 11 is 0. The number of benzene rings is 2. The highest BCUT2D eigenvalue weighted by atomic mass is 16.5. The van der Waals surface area contributed by atoms with E-state index >= 15 is 0 Å². The normalized spacial score (nSPS) is 15.5. The van der Waals surface area contributed by atoms with Gasteiger partial charge in [-0.1, -0.05) is 18.2 Å². The Labute approximate surface area is 164 Å². The summed E-state index contributed by atoms with van der Waals surface area (Å²) in [5.74, 6) is 0.375.